The molecule has 1 N–H and O–H groups in total. The van der Waals surface area contributed by atoms with Crippen molar-refractivity contribution in [2.75, 3.05) is 4.72 Å². The van der Waals surface area contributed by atoms with Gasteiger partial charge in [0.05, 0.1) is 15.5 Å². The lowest BCUT2D eigenvalue weighted by molar-refractivity contribution is -0.274. The van der Waals surface area contributed by atoms with Crippen LogP contribution in [0.4, 0.5) is 18.3 Å². The summed E-state index contributed by atoms with van der Waals surface area (Å²) in [5.74, 6) is -0.511. The van der Waals surface area contributed by atoms with Gasteiger partial charge in [-0.05, 0) is 36.4 Å². The summed E-state index contributed by atoms with van der Waals surface area (Å²) in [6.45, 7) is 0. The number of sulfonamides is 1. The molecule has 0 amide bonds. The van der Waals surface area contributed by atoms with Crippen LogP contribution in [0.15, 0.2) is 59.8 Å². The van der Waals surface area contributed by atoms with Gasteiger partial charge in [-0.2, -0.15) is 0 Å². The smallest absolute Gasteiger partial charge is 0.406 e. The molecule has 1 aromatic carbocycles. The van der Waals surface area contributed by atoms with Gasteiger partial charge in [-0.3, -0.25) is 9.71 Å². The van der Waals surface area contributed by atoms with Gasteiger partial charge in [0.15, 0.2) is 5.13 Å². The fourth-order valence-corrected chi connectivity index (χ4v) is 3.98. The van der Waals surface area contributed by atoms with E-state index in [0.717, 1.165) is 35.6 Å². The van der Waals surface area contributed by atoms with Crippen LogP contribution in [-0.2, 0) is 10.0 Å². The molecule has 0 aliphatic rings. The first-order valence-electron chi connectivity index (χ1n) is 6.99. The summed E-state index contributed by atoms with van der Waals surface area (Å²) in [5.41, 5.74) is 0.643. The third kappa shape index (κ3) is 4.49. The highest BCUT2D eigenvalue weighted by Crippen LogP contribution is 2.29. The van der Waals surface area contributed by atoms with Gasteiger partial charge in [0.1, 0.15) is 5.75 Å². The van der Waals surface area contributed by atoms with Crippen molar-refractivity contribution in [1.82, 2.24) is 9.97 Å². The summed E-state index contributed by atoms with van der Waals surface area (Å²) in [4.78, 5) is 8.57. The number of nitrogens with zero attached hydrogens (tertiary/aromatic N) is 2. The van der Waals surface area contributed by atoms with Crippen molar-refractivity contribution in [1.29, 1.82) is 0 Å². The zero-order chi connectivity index (χ0) is 18.8. The second-order valence-corrected chi connectivity index (χ2v) is 7.58. The Morgan fingerprint density at radius 3 is 2.38 bits per heavy atom. The van der Waals surface area contributed by atoms with Crippen molar-refractivity contribution < 1.29 is 26.3 Å². The van der Waals surface area contributed by atoms with E-state index >= 15 is 0 Å². The highest BCUT2D eigenvalue weighted by atomic mass is 32.2. The van der Waals surface area contributed by atoms with Gasteiger partial charge in [-0.15, -0.1) is 13.2 Å². The SMILES string of the molecule is O=S(=O)(Nc1ncc(-c2ccccn2)s1)c1ccc(OC(F)(F)F)cc1. The summed E-state index contributed by atoms with van der Waals surface area (Å²) < 4.78 is 67.1. The van der Waals surface area contributed by atoms with Crippen molar-refractivity contribution in [2.45, 2.75) is 11.3 Å². The summed E-state index contributed by atoms with van der Waals surface area (Å²) in [7, 11) is -4.00. The molecule has 0 fully saturated rings. The normalized spacial score (nSPS) is 12.0. The number of anilines is 1. The van der Waals surface area contributed by atoms with Crippen molar-refractivity contribution in [3.63, 3.8) is 0 Å². The Kier molecular flexibility index (Phi) is 4.83. The van der Waals surface area contributed by atoms with Gasteiger partial charge in [0.25, 0.3) is 10.0 Å². The molecule has 0 saturated carbocycles. The van der Waals surface area contributed by atoms with E-state index in [1.54, 1.807) is 24.4 Å². The number of nitrogens with one attached hydrogen (secondary N) is 1. The first-order chi connectivity index (χ1) is 12.2. The van der Waals surface area contributed by atoms with Crippen molar-refractivity contribution >= 4 is 26.5 Å². The first kappa shape index (κ1) is 18.1. The molecule has 3 rings (SSSR count). The summed E-state index contributed by atoms with van der Waals surface area (Å²) >= 11 is 1.08. The highest BCUT2D eigenvalue weighted by Gasteiger charge is 2.31. The molecule has 26 heavy (non-hydrogen) atoms. The Morgan fingerprint density at radius 2 is 1.77 bits per heavy atom. The molecule has 6 nitrogen and oxygen atoms in total. The number of hydrogen-bond donors (Lipinski definition) is 1. The van der Waals surface area contributed by atoms with Crippen molar-refractivity contribution in [3.05, 3.63) is 54.9 Å². The number of rotatable bonds is 5. The molecule has 2 heterocycles. The molecule has 0 radical (unpaired) electrons. The van der Waals surface area contributed by atoms with E-state index in [4.69, 9.17) is 0 Å². The zero-order valence-electron chi connectivity index (χ0n) is 12.8. The van der Waals surface area contributed by atoms with Gasteiger partial charge in [-0.1, -0.05) is 17.4 Å². The highest BCUT2D eigenvalue weighted by molar-refractivity contribution is 7.93. The van der Waals surface area contributed by atoms with Crippen LogP contribution in [0.2, 0.25) is 0 Å². The number of pyridine rings is 1. The van der Waals surface area contributed by atoms with E-state index in [9.17, 15) is 21.6 Å². The lowest BCUT2D eigenvalue weighted by Crippen LogP contribution is -2.17. The Balaban J connectivity index is 1.76. The topological polar surface area (TPSA) is 81.2 Å². The van der Waals surface area contributed by atoms with Crippen LogP contribution in [0.5, 0.6) is 5.75 Å². The summed E-state index contributed by atoms with van der Waals surface area (Å²) in [6, 6.07) is 9.15. The molecular formula is C15H10F3N3O3S2. The number of hydrogen-bond acceptors (Lipinski definition) is 6. The number of alkyl halides is 3. The molecule has 136 valence electrons. The molecule has 3 aromatic rings. The fraction of sp³-hybridized carbons (Fsp3) is 0.0667. The van der Waals surface area contributed by atoms with E-state index in [-0.39, 0.29) is 10.0 Å². The van der Waals surface area contributed by atoms with Crippen LogP contribution < -0.4 is 9.46 Å². The van der Waals surface area contributed by atoms with Crippen LogP contribution in [0.25, 0.3) is 10.6 Å². The van der Waals surface area contributed by atoms with E-state index in [1.807, 2.05) is 0 Å². The van der Waals surface area contributed by atoms with E-state index in [0.29, 0.717) is 10.6 Å². The zero-order valence-corrected chi connectivity index (χ0v) is 14.4. The van der Waals surface area contributed by atoms with Gasteiger partial charge in [-0.25, -0.2) is 13.4 Å². The third-order valence-electron chi connectivity index (χ3n) is 3.01. The van der Waals surface area contributed by atoms with Crippen LogP contribution in [-0.4, -0.2) is 24.7 Å². The predicted molar refractivity (Wildman–Crippen MR) is 89.3 cm³/mol. The van der Waals surface area contributed by atoms with Gasteiger partial charge >= 0.3 is 6.36 Å². The molecule has 0 bridgehead atoms. The molecule has 0 spiro atoms. The minimum absolute atomic E-state index is 0.112. The van der Waals surface area contributed by atoms with E-state index in [2.05, 4.69) is 19.4 Å². The van der Waals surface area contributed by atoms with Gasteiger partial charge < -0.3 is 4.74 Å². The third-order valence-corrected chi connectivity index (χ3v) is 5.43. The Hall–Kier alpha value is -2.66. The Bertz CT molecular complexity index is 988. The number of halogens is 3. The minimum Gasteiger partial charge on any atom is -0.406 e. The molecule has 0 aliphatic heterocycles. The van der Waals surface area contributed by atoms with Crippen LogP contribution >= 0.6 is 11.3 Å². The van der Waals surface area contributed by atoms with Crippen LogP contribution in [0.3, 0.4) is 0 Å². The average molecular weight is 401 g/mol. The molecule has 0 aliphatic carbocycles. The molecule has 0 saturated heterocycles. The number of benzene rings is 1. The van der Waals surface area contributed by atoms with Crippen LogP contribution in [0.1, 0.15) is 0 Å². The standard InChI is InChI=1S/C15H10F3N3O3S2/c16-15(17,18)24-10-4-6-11(7-5-10)26(22,23)21-14-20-9-13(25-14)12-3-1-2-8-19-12/h1-9H,(H,20,21). The second-order valence-electron chi connectivity index (χ2n) is 4.87. The Morgan fingerprint density at radius 1 is 1.04 bits per heavy atom. The number of ether oxygens (including phenoxy) is 1. The minimum atomic E-state index is -4.85. The quantitative estimate of drug-likeness (QED) is 0.701. The Labute approximate surface area is 150 Å². The maximum Gasteiger partial charge on any atom is 0.573 e. The average Bonchev–Trinajstić information content (AvgIpc) is 3.02. The monoisotopic (exact) mass is 401 g/mol. The maximum atomic E-state index is 12.3. The van der Waals surface area contributed by atoms with Gasteiger partial charge in [0.2, 0.25) is 0 Å². The summed E-state index contributed by atoms with van der Waals surface area (Å²) in [5, 5.41) is 0.112. The van der Waals surface area contributed by atoms with E-state index < -0.39 is 22.1 Å². The first-order valence-corrected chi connectivity index (χ1v) is 9.29. The van der Waals surface area contributed by atoms with Crippen molar-refractivity contribution in [2.24, 2.45) is 0 Å². The number of aromatic nitrogens is 2. The van der Waals surface area contributed by atoms with E-state index in [1.165, 1.54) is 6.20 Å². The number of thiazole rings is 1. The van der Waals surface area contributed by atoms with Crippen LogP contribution in [0, 0.1) is 0 Å². The predicted octanol–water partition coefficient (Wildman–Crippen LogP) is 3.90. The lowest BCUT2D eigenvalue weighted by Gasteiger charge is -2.09. The second kappa shape index (κ2) is 6.92. The van der Waals surface area contributed by atoms with Gasteiger partial charge in [0, 0.05) is 12.4 Å². The lowest BCUT2D eigenvalue weighted by atomic mass is 10.3. The molecular weight excluding hydrogens is 391 g/mol. The molecule has 0 unspecified atom stereocenters. The largest absolute Gasteiger partial charge is 0.573 e. The summed E-state index contributed by atoms with van der Waals surface area (Å²) in [6.07, 6.45) is -1.77. The molecule has 11 heteroatoms. The molecule has 2 aromatic heterocycles. The maximum absolute atomic E-state index is 12.3. The molecule has 0 atom stereocenters. The fourth-order valence-electron chi connectivity index (χ4n) is 1.94. The van der Waals surface area contributed by atoms with Crippen molar-refractivity contribution in [3.8, 4) is 16.3 Å².